The number of nitrogens with one attached hydrogen (secondary N) is 1. The summed E-state index contributed by atoms with van der Waals surface area (Å²) in [4.78, 5) is 14.7. The zero-order valence-corrected chi connectivity index (χ0v) is 10.4. The van der Waals surface area contributed by atoms with Gasteiger partial charge in [-0.25, -0.2) is 9.78 Å². The number of nitrogens with zero attached hydrogens (tertiary/aromatic N) is 1. The number of benzene rings is 1. The van der Waals surface area contributed by atoms with E-state index < -0.39 is 6.03 Å². The van der Waals surface area contributed by atoms with Gasteiger partial charge in [0.1, 0.15) is 5.82 Å². The highest BCUT2D eigenvalue weighted by molar-refractivity contribution is 9.10. The highest BCUT2D eigenvalue weighted by atomic mass is 79.9. The van der Waals surface area contributed by atoms with Crippen molar-refractivity contribution in [3.63, 3.8) is 0 Å². The van der Waals surface area contributed by atoms with Crippen LogP contribution in [0, 0.1) is 0 Å². The van der Waals surface area contributed by atoms with E-state index in [1.54, 1.807) is 12.3 Å². The molecule has 0 aliphatic rings. The number of anilines is 1. The zero-order valence-electron chi connectivity index (χ0n) is 8.85. The van der Waals surface area contributed by atoms with Gasteiger partial charge in [-0.05, 0) is 29.8 Å². The minimum Gasteiger partial charge on any atom is -0.351 e. The summed E-state index contributed by atoms with van der Waals surface area (Å²) < 4.78 is 1.03. The maximum Gasteiger partial charge on any atom is 0.317 e. The van der Waals surface area contributed by atoms with Gasteiger partial charge in [-0.3, -0.25) is 5.32 Å². The van der Waals surface area contributed by atoms with Crippen molar-refractivity contribution in [2.75, 3.05) is 5.32 Å². The number of amides is 2. The Balaban J connectivity index is 2.23. The van der Waals surface area contributed by atoms with E-state index in [1.807, 2.05) is 30.3 Å². The van der Waals surface area contributed by atoms with E-state index in [9.17, 15) is 4.79 Å². The Morgan fingerprint density at radius 1 is 1.12 bits per heavy atom. The summed E-state index contributed by atoms with van der Waals surface area (Å²) in [6.07, 6.45) is 1.69. The minimum absolute atomic E-state index is 0.443. The minimum atomic E-state index is -0.617. The van der Waals surface area contributed by atoms with Gasteiger partial charge in [-0.2, -0.15) is 0 Å². The van der Waals surface area contributed by atoms with E-state index in [4.69, 9.17) is 5.73 Å². The third kappa shape index (κ3) is 3.04. The normalized spacial score (nSPS) is 9.94. The third-order valence-electron chi connectivity index (χ3n) is 2.19. The Morgan fingerprint density at radius 2 is 1.76 bits per heavy atom. The molecule has 1 aromatic heterocycles. The summed E-state index contributed by atoms with van der Waals surface area (Å²) in [5.41, 5.74) is 7.04. The summed E-state index contributed by atoms with van der Waals surface area (Å²) in [5, 5.41) is 2.41. The summed E-state index contributed by atoms with van der Waals surface area (Å²) >= 11 is 3.38. The molecule has 0 fully saturated rings. The molecule has 0 unspecified atom stereocenters. The molecule has 0 atom stereocenters. The number of nitrogens with two attached hydrogens (primary N) is 1. The molecule has 2 amide bonds. The molecule has 2 aromatic rings. The molecule has 2 rings (SSSR count). The Labute approximate surface area is 107 Å². The molecule has 86 valence electrons. The Hall–Kier alpha value is -1.88. The van der Waals surface area contributed by atoms with E-state index >= 15 is 0 Å². The van der Waals surface area contributed by atoms with Gasteiger partial charge >= 0.3 is 6.03 Å². The Morgan fingerprint density at radius 3 is 2.29 bits per heavy atom. The average molecular weight is 292 g/mol. The molecule has 17 heavy (non-hydrogen) atoms. The molecule has 0 aliphatic carbocycles. The number of halogens is 1. The number of urea groups is 1. The summed E-state index contributed by atoms with van der Waals surface area (Å²) in [6, 6.07) is 10.9. The fraction of sp³-hybridized carbons (Fsp3) is 0. The number of pyridine rings is 1. The molecule has 0 aliphatic heterocycles. The van der Waals surface area contributed by atoms with Crippen LogP contribution in [-0.2, 0) is 0 Å². The van der Waals surface area contributed by atoms with Gasteiger partial charge in [-0.1, -0.05) is 28.1 Å². The van der Waals surface area contributed by atoms with Crippen LogP contribution in [0.3, 0.4) is 0 Å². The van der Waals surface area contributed by atoms with Crippen LogP contribution in [-0.4, -0.2) is 11.0 Å². The predicted molar refractivity (Wildman–Crippen MR) is 70.6 cm³/mol. The lowest BCUT2D eigenvalue weighted by molar-refractivity contribution is 0.259. The molecule has 5 heteroatoms. The number of aromatic nitrogens is 1. The van der Waals surface area contributed by atoms with Crippen LogP contribution < -0.4 is 11.1 Å². The second-order valence-electron chi connectivity index (χ2n) is 3.43. The van der Waals surface area contributed by atoms with Crippen LogP contribution in [0.15, 0.2) is 47.1 Å². The second-order valence-corrected chi connectivity index (χ2v) is 4.34. The van der Waals surface area contributed by atoms with Crippen molar-refractivity contribution >= 4 is 27.8 Å². The maximum absolute atomic E-state index is 10.6. The molecular weight excluding hydrogens is 282 g/mol. The topological polar surface area (TPSA) is 68.0 Å². The fourth-order valence-electron chi connectivity index (χ4n) is 1.41. The SMILES string of the molecule is NC(=O)Nc1ccc(-c2ccc(Br)cc2)cn1. The quantitative estimate of drug-likeness (QED) is 0.893. The van der Waals surface area contributed by atoms with Gasteiger partial charge in [-0.15, -0.1) is 0 Å². The van der Waals surface area contributed by atoms with Crippen molar-refractivity contribution in [1.82, 2.24) is 4.98 Å². The zero-order chi connectivity index (χ0) is 12.3. The predicted octanol–water partition coefficient (Wildman–Crippen LogP) is 3.00. The lowest BCUT2D eigenvalue weighted by Crippen LogP contribution is -2.19. The van der Waals surface area contributed by atoms with Crippen molar-refractivity contribution in [2.45, 2.75) is 0 Å². The second kappa shape index (κ2) is 4.97. The number of hydrogen-bond donors (Lipinski definition) is 2. The van der Waals surface area contributed by atoms with Crippen molar-refractivity contribution in [1.29, 1.82) is 0 Å². The lowest BCUT2D eigenvalue weighted by Gasteiger charge is -2.03. The highest BCUT2D eigenvalue weighted by Gasteiger charge is 2.00. The number of hydrogen-bond acceptors (Lipinski definition) is 2. The smallest absolute Gasteiger partial charge is 0.317 e. The first-order chi connectivity index (χ1) is 8.15. The first kappa shape index (κ1) is 11.6. The molecule has 0 spiro atoms. The number of carbonyl (C=O) groups excluding carboxylic acids is 1. The molecule has 4 nitrogen and oxygen atoms in total. The Bertz CT molecular complexity index is 522. The van der Waals surface area contributed by atoms with Crippen LogP contribution >= 0.6 is 15.9 Å². The molecule has 0 saturated heterocycles. The van der Waals surface area contributed by atoms with Gasteiger partial charge < -0.3 is 5.73 Å². The molecule has 0 saturated carbocycles. The van der Waals surface area contributed by atoms with Gasteiger partial charge in [0.2, 0.25) is 0 Å². The fourth-order valence-corrected chi connectivity index (χ4v) is 1.67. The van der Waals surface area contributed by atoms with Crippen LogP contribution in [0.25, 0.3) is 11.1 Å². The van der Waals surface area contributed by atoms with Crippen molar-refractivity contribution < 1.29 is 4.79 Å². The van der Waals surface area contributed by atoms with Gasteiger partial charge in [0.05, 0.1) is 0 Å². The first-order valence-corrected chi connectivity index (χ1v) is 5.73. The number of rotatable bonds is 2. The van der Waals surface area contributed by atoms with E-state index in [0.717, 1.165) is 15.6 Å². The van der Waals surface area contributed by atoms with Crippen molar-refractivity contribution in [3.8, 4) is 11.1 Å². The number of carbonyl (C=O) groups is 1. The standard InChI is InChI=1S/C12H10BrN3O/c13-10-4-1-8(2-5-10)9-3-6-11(15-7-9)16-12(14)17/h1-7H,(H3,14,15,16,17). The first-order valence-electron chi connectivity index (χ1n) is 4.93. The average Bonchev–Trinajstić information content (AvgIpc) is 2.30. The summed E-state index contributed by atoms with van der Waals surface area (Å²) in [5.74, 6) is 0.443. The maximum atomic E-state index is 10.6. The van der Waals surface area contributed by atoms with Crippen molar-refractivity contribution in [2.24, 2.45) is 5.73 Å². The lowest BCUT2D eigenvalue weighted by atomic mass is 10.1. The van der Waals surface area contributed by atoms with Gasteiger partial charge in [0.25, 0.3) is 0 Å². The molecule has 0 radical (unpaired) electrons. The number of primary amides is 1. The van der Waals surface area contributed by atoms with Crippen LogP contribution in [0.5, 0.6) is 0 Å². The Kier molecular flexibility index (Phi) is 3.39. The van der Waals surface area contributed by atoms with E-state index in [2.05, 4.69) is 26.2 Å². The van der Waals surface area contributed by atoms with E-state index in [0.29, 0.717) is 5.82 Å². The van der Waals surface area contributed by atoms with E-state index in [-0.39, 0.29) is 0 Å². The molecule has 3 N–H and O–H groups in total. The van der Waals surface area contributed by atoms with Gasteiger partial charge in [0.15, 0.2) is 0 Å². The monoisotopic (exact) mass is 291 g/mol. The van der Waals surface area contributed by atoms with Crippen LogP contribution in [0.1, 0.15) is 0 Å². The molecule has 1 aromatic carbocycles. The largest absolute Gasteiger partial charge is 0.351 e. The van der Waals surface area contributed by atoms with Crippen LogP contribution in [0.4, 0.5) is 10.6 Å². The summed E-state index contributed by atoms with van der Waals surface area (Å²) in [7, 11) is 0. The molecule has 0 bridgehead atoms. The van der Waals surface area contributed by atoms with Crippen LogP contribution in [0.2, 0.25) is 0 Å². The van der Waals surface area contributed by atoms with E-state index in [1.165, 1.54) is 0 Å². The summed E-state index contributed by atoms with van der Waals surface area (Å²) in [6.45, 7) is 0. The highest BCUT2D eigenvalue weighted by Crippen LogP contribution is 2.21. The van der Waals surface area contributed by atoms with Gasteiger partial charge in [0, 0.05) is 16.2 Å². The third-order valence-corrected chi connectivity index (χ3v) is 2.72. The van der Waals surface area contributed by atoms with Crippen molar-refractivity contribution in [3.05, 3.63) is 47.1 Å². The molecular formula is C12H10BrN3O. The molecule has 1 heterocycles.